The molecule has 11 nitrogen and oxygen atoms in total. The topological polar surface area (TPSA) is 165 Å². The zero-order chi connectivity index (χ0) is 29.3. The molecule has 3 aliphatic heterocycles. The number of carbonyl (C=O) groups excluding carboxylic acids is 3. The van der Waals surface area contributed by atoms with E-state index in [0.717, 1.165) is 5.56 Å². The van der Waals surface area contributed by atoms with Gasteiger partial charge in [0.25, 0.3) is 5.91 Å². The predicted octanol–water partition coefficient (Wildman–Crippen LogP) is 2.28. The van der Waals surface area contributed by atoms with Crippen molar-refractivity contribution in [1.29, 1.82) is 0 Å². The van der Waals surface area contributed by atoms with E-state index in [9.17, 15) is 34.2 Å². The zero-order valence-corrected chi connectivity index (χ0v) is 23.1. The molecule has 5 rings (SSSR count). The lowest BCUT2D eigenvalue weighted by molar-refractivity contribution is -0.150. The van der Waals surface area contributed by atoms with Gasteiger partial charge >= 0.3 is 11.9 Å². The number of thioether (sulfide) groups is 2. The SMILES string of the molecule is O=C(CSc1ccc(C(=O)O)cc1)N[C@@H]1C(=O)N2C(C(=O)O)=C(/C=C3\CCN(Cc4ccc(O)cc4)C3=O)CS[C@H]12. The number of fused-ring (bicyclic) bond motifs is 1. The molecular formula is C28H25N3O8S2. The number of likely N-dealkylation sites (tertiary alicyclic amines) is 1. The van der Waals surface area contributed by atoms with Crippen LogP contribution in [-0.4, -0.2) is 84.2 Å². The van der Waals surface area contributed by atoms with Gasteiger partial charge in [0.15, 0.2) is 0 Å². The maximum absolute atomic E-state index is 13.0. The first-order chi connectivity index (χ1) is 19.6. The summed E-state index contributed by atoms with van der Waals surface area (Å²) in [6, 6.07) is 11.7. The van der Waals surface area contributed by atoms with E-state index >= 15 is 0 Å². The summed E-state index contributed by atoms with van der Waals surface area (Å²) in [5.74, 6) is -3.11. The second-order valence-electron chi connectivity index (χ2n) is 9.56. The van der Waals surface area contributed by atoms with Gasteiger partial charge in [-0.05, 0) is 60.0 Å². The van der Waals surface area contributed by atoms with Gasteiger partial charge in [0.05, 0.1) is 11.3 Å². The Morgan fingerprint density at radius 1 is 1.02 bits per heavy atom. The van der Waals surface area contributed by atoms with Crippen LogP contribution >= 0.6 is 23.5 Å². The van der Waals surface area contributed by atoms with Gasteiger partial charge in [0.1, 0.15) is 22.9 Å². The highest BCUT2D eigenvalue weighted by Crippen LogP contribution is 2.41. The molecule has 0 bridgehead atoms. The summed E-state index contributed by atoms with van der Waals surface area (Å²) in [5.41, 5.74) is 1.63. The standard InChI is InChI=1S/C28H25N3O8S2/c32-19-5-1-15(2-6-19)12-30-10-9-17(24(30)34)11-18-13-41-26-22(25(35)31(26)23(18)28(38)39)29-21(33)14-40-20-7-3-16(4-8-20)27(36)37/h1-8,11,22,26,32H,9-10,12-14H2,(H,29,33)(H,36,37)(H,38,39)/b17-11+/t22-,26-/m1/s1. The fourth-order valence-corrected chi connectivity index (χ4v) is 6.81. The summed E-state index contributed by atoms with van der Waals surface area (Å²) in [6.07, 6.45) is 2.00. The number of aliphatic carboxylic acids is 1. The van der Waals surface area contributed by atoms with Crippen molar-refractivity contribution in [3.05, 3.63) is 82.6 Å². The van der Waals surface area contributed by atoms with Crippen molar-refractivity contribution in [3.8, 4) is 5.75 Å². The van der Waals surface area contributed by atoms with E-state index in [1.165, 1.54) is 40.6 Å². The summed E-state index contributed by atoms with van der Waals surface area (Å²) >= 11 is 2.50. The number of hydrogen-bond donors (Lipinski definition) is 4. The average Bonchev–Trinajstić information content (AvgIpc) is 3.29. The maximum Gasteiger partial charge on any atom is 0.352 e. The number of amides is 3. The lowest BCUT2D eigenvalue weighted by Crippen LogP contribution is -2.70. The van der Waals surface area contributed by atoms with E-state index < -0.39 is 35.2 Å². The summed E-state index contributed by atoms with van der Waals surface area (Å²) in [6.45, 7) is 0.825. The van der Waals surface area contributed by atoms with Crippen LogP contribution in [0.15, 0.2) is 76.3 Å². The Balaban J connectivity index is 1.22. The van der Waals surface area contributed by atoms with Gasteiger partial charge in [-0.15, -0.1) is 23.5 Å². The summed E-state index contributed by atoms with van der Waals surface area (Å²) in [7, 11) is 0. The lowest BCUT2D eigenvalue weighted by atomic mass is 10.0. The highest BCUT2D eigenvalue weighted by molar-refractivity contribution is 8.00. The quantitative estimate of drug-likeness (QED) is 0.192. The molecule has 13 heteroatoms. The zero-order valence-electron chi connectivity index (χ0n) is 21.5. The van der Waals surface area contributed by atoms with E-state index in [0.29, 0.717) is 35.6 Å². The van der Waals surface area contributed by atoms with Crippen molar-refractivity contribution in [3.63, 3.8) is 0 Å². The fraction of sp³-hybridized carbons (Fsp3) is 0.250. The van der Waals surface area contributed by atoms with Gasteiger partial charge < -0.3 is 25.5 Å². The number of carbonyl (C=O) groups is 5. The molecule has 0 radical (unpaired) electrons. The molecule has 0 saturated carbocycles. The van der Waals surface area contributed by atoms with Gasteiger partial charge in [-0.1, -0.05) is 12.1 Å². The number of phenols is 1. The molecule has 4 N–H and O–H groups in total. The molecule has 2 aromatic carbocycles. The maximum atomic E-state index is 13.0. The number of aromatic carboxylic acids is 1. The van der Waals surface area contributed by atoms with Crippen molar-refractivity contribution in [2.24, 2.45) is 0 Å². The smallest absolute Gasteiger partial charge is 0.352 e. The van der Waals surface area contributed by atoms with Crippen LogP contribution in [0.4, 0.5) is 0 Å². The van der Waals surface area contributed by atoms with Crippen LogP contribution in [0.1, 0.15) is 22.3 Å². The normalized spacial score (nSPS) is 21.1. The number of carboxylic acids is 2. The van der Waals surface area contributed by atoms with Gasteiger partial charge in [-0.2, -0.15) is 0 Å². The molecule has 0 aliphatic carbocycles. The predicted molar refractivity (Wildman–Crippen MR) is 150 cm³/mol. The first kappa shape index (κ1) is 28.3. The third kappa shape index (κ3) is 5.95. The minimum absolute atomic E-state index is 0.00465. The molecular weight excluding hydrogens is 570 g/mol. The van der Waals surface area contributed by atoms with Gasteiger partial charge in [0.2, 0.25) is 11.8 Å². The van der Waals surface area contributed by atoms with Crippen LogP contribution < -0.4 is 5.32 Å². The Labute approximate surface area is 242 Å². The summed E-state index contributed by atoms with van der Waals surface area (Å²) in [5, 5.41) is 30.5. The third-order valence-corrected chi connectivity index (χ3v) is 9.17. The first-order valence-corrected chi connectivity index (χ1v) is 14.6. The van der Waals surface area contributed by atoms with Crippen molar-refractivity contribution < 1.29 is 39.3 Å². The lowest BCUT2D eigenvalue weighted by Gasteiger charge is -2.49. The molecule has 3 aliphatic rings. The number of hydrogen-bond acceptors (Lipinski definition) is 8. The Morgan fingerprint density at radius 2 is 1.73 bits per heavy atom. The highest BCUT2D eigenvalue weighted by Gasteiger charge is 2.54. The molecule has 41 heavy (non-hydrogen) atoms. The molecule has 2 atom stereocenters. The number of allylic oxidation sites excluding steroid dienone is 1. The number of benzene rings is 2. The van der Waals surface area contributed by atoms with Crippen LogP contribution in [0.5, 0.6) is 5.75 Å². The van der Waals surface area contributed by atoms with Crippen molar-refractivity contribution in [1.82, 2.24) is 15.1 Å². The molecule has 212 valence electrons. The number of phenolic OH excluding ortho intramolecular Hbond substituents is 1. The van der Waals surface area contributed by atoms with Gasteiger partial charge in [-0.25, -0.2) is 9.59 Å². The molecule has 0 aromatic heterocycles. The Kier molecular flexibility index (Phi) is 8.08. The Bertz CT molecular complexity index is 1490. The number of rotatable bonds is 9. The average molecular weight is 596 g/mol. The number of nitrogens with one attached hydrogen (secondary N) is 1. The monoisotopic (exact) mass is 595 g/mol. The molecule has 3 heterocycles. The van der Waals surface area contributed by atoms with E-state index in [2.05, 4.69) is 5.32 Å². The highest BCUT2D eigenvalue weighted by atomic mass is 32.2. The molecule has 0 spiro atoms. The number of β-lactam (4-membered cyclic amide) rings is 1. The second-order valence-corrected chi connectivity index (χ2v) is 11.7. The van der Waals surface area contributed by atoms with E-state index in [1.54, 1.807) is 47.4 Å². The third-order valence-electron chi connectivity index (χ3n) is 6.86. The number of aromatic hydroxyl groups is 1. The van der Waals surface area contributed by atoms with Crippen molar-refractivity contribution in [2.75, 3.05) is 18.1 Å². The van der Waals surface area contributed by atoms with Crippen LogP contribution in [0, 0.1) is 0 Å². The molecule has 0 unspecified atom stereocenters. The molecule has 2 saturated heterocycles. The van der Waals surface area contributed by atoms with Gasteiger partial charge in [0, 0.05) is 29.3 Å². The van der Waals surface area contributed by atoms with E-state index in [1.807, 2.05) is 0 Å². The number of nitrogens with zero attached hydrogens (tertiary/aromatic N) is 2. The van der Waals surface area contributed by atoms with Crippen LogP contribution in [0.2, 0.25) is 0 Å². The van der Waals surface area contributed by atoms with E-state index in [4.69, 9.17) is 5.11 Å². The van der Waals surface area contributed by atoms with Crippen LogP contribution in [-0.2, 0) is 25.7 Å². The largest absolute Gasteiger partial charge is 0.508 e. The van der Waals surface area contributed by atoms with Crippen LogP contribution in [0.3, 0.4) is 0 Å². The molecule has 2 fully saturated rings. The summed E-state index contributed by atoms with van der Waals surface area (Å²) in [4.78, 5) is 65.2. The minimum atomic E-state index is -1.29. The van der Waals surface area contributed by atoms with Gasteiger partial charge in [-0.3, -0.25) is 19.3 Å². The first-order valence-electron chi connectivity index (χ1n) is 12.6. The second kappa shape index (κ2) is 11.7. The Morgan fingerprint density at radius 3 is 2.39 bits per heavy atom. The summed E-state index contributed by atoms with van der Waals surface area (Å²) < 4.78 is 0. The molecule has 2 aromatic rings. The van der Waals surface area contributed by atoms with Crippen molar-refractivity contribution >= 4 is 53.2 Å². The minimum Gasteiger partial charge on any atom is -0.508 e. The van der Waals surface area contributed by atoms with E-state index in [-0.39, 0.29) is 34.4 Å². The van der Waals surface area contributed by atoms with Crippen molar-refractivity contribution in [2.45, 2.75) is 29.3 Å². The number of carboxylic acid groups (broad SMARTS) is 2. The Hall–Kier alpha value is -4.23. The molecule has 3 amide bonds. The van der Waals surface area contributed by atoms with Crippen LogP contribution in [0.25, 0.3) is 0 Å². The fourth-order valence-electron chi connectivity index (χ4n) is 4.80.